The maximum atomic E-state index is 13.2. The molecular weight excluding hydrogens is 525 g/mol. The van der Waals surface area contributed by atoms with Gasteiger partial charge in [0.15, 0.2) is 0 Å². The summed E-state index contributed by atoms with van der Waals surface area (Å²) in [6.07, 6.45) is 0.0186. The van der Waals surface area contributed by atoms with Gasteiger partial charge in [0.25, 0.3) is 0 Å². The van der Waals surface area contributed by atoms with Crippen LogP contribution in [0.25, 0.3) is 0 Å². The van der Waals surface area contributed by atoms with Crippen molar-refractivity contribution >= 4 is 27.3 Å². The molecule has 0 unspecified atom stereocenters. The summed E-state index contributed by atoms with van der Waals surface area (Å²) in [7, 11) is -3.57. The van der Waals surface area contributed by atoms with Crippen molar-refractivity contribution in [2.24, 2.45) is 5.92 Å². The quantitative estimate of drug-likeness (QED) is 0.504. The number of benzene rings is 2. The lowest BCUT2D eigenvalue weighted by molar-refractivity contribution is -0.137. The van der Waals surface area contributed by atoms with E-state index in [2.05, 4.69) is 9.62 Å². The van der Waals surface area contributed by atoms with Crippen LogP contribution in [0.15, 0.2) is 47.4 Å². The highest BCUT2D eigenvalue weighted by atomic mass is 35.5. The molecule has 1 aliphatic carbocycles. The Labute approximate surface area is 221 Å². The van der Waals surface area contributed by atoms with E-state index in [1.54, 1.807) is 12.1 Å². The summed E-state index contributed by atoms with van der Waals surface area (Å²) in [6, 6.07) is 11.4. The van der Waals surface area contributed by atoms with E-state index >= 15 is 0 Å². The molecule has 2 aromatic carbocycles. The van der Waals surface area contributed by atoms with E-state index in [-0.39, 0.29) is 16.5 Å². The fourth-order valence-corrected chi connectivity index (χ4v) is 6.52. The molecule has 1 heterocycles. The second kappa shape index (κ2) is 11.6. The smallest absolute Gasteiger partial charge is 0.369 e. The maximum Gasteiger partial charge on any atom is 0.416 e. The molecule has 1 saturated carbocycles. The summed E-state index contributed by atoms with van der Waals surface area (Å²) in [5, 5.41) is 9.63. The number of hydrogen-bond donors (Lipinski definition) is 1. The lowest BCUT2D eigenvalue weighted by atomic mass is 9.84. The van der Waals surface area contributed by atoms with Gasteiger partial charge in [0.05, 0.1) is 22.1 Å². The molecule has 0 bridgehead atoms. The van der Waals surface area contributed by atoms with Crippen LogP contribution in [-0.4, -0.2) is 52.1 Å². The number of piperazine rings is 1. The first kappa shape index (κ1) is 27.7. The first-order valence-electron chi connectivity index (χ1n) is 12.4. The van der Waals surface area contributed by atoms with Crippen molar-refractivity contribution in [2.45, 2.75) is 49.2 Å². The molecular formula is C26H30ClF3N4O2S. The zero-order chi connectivity index (χ0) is 26.6. The molecule has 0 spiro atoms. The second-order valence-corrected chi connectivity index (χ2v) is 11.9. The van der Waals surface area contributed by atoms with Gasteiger partial charge in [0.2, 0.25) is 10.0 Å². The van der Waals surface area contributed by atoms with E-state index in [0.29, 0.717) is 29.7 Å². The fourth-order valence-electron chi connectivity index (χ4n) is 5.09. The lowest BCUT2D eigenvalue weighted by Gasteiger charge is -2.37. The van der Waals surface area contributed by atoms with Gasteiger partial charge >= 0.3 is 6.18 Å². The average Bonchev–Trinajstić information content (AvgIpc) is 2.88. The zero-order valence-electron chi connectivity index (χ0n) is 20.3. The Kier molecular flexibility index (Phi) is 8.69. The lowest BCUT2D eigenvalue weighted by Crippen LogP contribution is -2.47. The highest BCUT2D eigenvalue weighted by Gasteiger charge is 2.32. The van der Waals surface area contributed by atoms with Crippen LogP contribution in [0.5, 0.6) is 0 Å². The molecule has 11 heteroatoms. The highest BCUT2D eigenvalue weighted by Crippen LogP contribution is 2.33. The van der Waals surface area contributed by atoms with E-state index in [1.807, 2.05) is 11.0 Å². The number of nitrogens with one attached hydrogen (secondary N) is 1. The van der Waals surface area contributed by atoms with Gasteiger partial charge in [0.1, 0.15) is 0 Å². The van der Waals surface area contributed by atoms with Crippen molar-refractivity contribution in [2.75, 3.05) is 37.6 Å². The van der Waals surface area contributed by atoms with Crippen LogP contribution >= 0.6 is 11.6 Å². The minimum absolute atomic E-state index is 0.0123. The standard InChI is InChI=1S/C26H30ClF3N4O2S/c27-22-3-7-25(8-4-22)37(35,36)32-23-5-1-19(2-6-23)9-10-33-11-13-34(14-12-33)24-16-20(18-31)15-21(17-24)26(28,29)30/h3-4,7-8,15-17,19,23,32H,1-2,5-6,9-14H2. The summed E-state index contributed by atoms with van der Waals surface area (Å²) in [5.41, 5.74) is -0.348. The topological polar surface area (TPSA) is 76.4 Å². The average molecular weight is 555 g/mol. The van der Waals surface area contributed by atoms with Gasteiger partial charge < -0.3 is 4.90 Å². The molecule has 4 rings (SSSR count). The summed E-state index contributed by atoms with van der Waals surface area (Å²) < 4.78 is 67.7. The highest BCUT2D eigenvalue weighted by molar-refractivity contribution is 7.89. The molecule has 0 radical (unpaired) electrons. The van der Waals surface area contributed by atoms with Crippen LogP contribution < -0.4 is 9.62 Å². The maximum absolute atomic E-state index is 13.2. The summed E-state index contributed by atoms with van der Waals surface area (Å²) in [4.78, 5) is 4.45. The molecule has 0 amide bonds. The van der Waals surface area contributed by atoms with E-state index in [4.69, 9.17) is 16.9 Å². The van der Waals surface area contributed by atoms with Crippen LogP contribution in [0.2, 0.25) is 5.02 Å². The van der Waals surface area contributed by atoms with E-state index in [0.717, 1.165) is 63.9 Å². The second-order valence-electron chi connectivity index (χ2n) is 9.79. The van der Waals surface area contributed by atoms with Gasteiger partial charge in [-0.25, -0.2) is 13.1 Å². The van der Waals surface area contributed by atoms with Crippen LogP contribution in [0.4, 0.5) is 18.9 Å². The molecule has 0 atom stereocenters. The fraction of sp³-hybridized carbons (Fsp3) is 0.500. The predicted octanol–water partition coefficient (Wildman–Crippen LogP) is 5.28. The van der Waals surface area contributed by atoms with Crippen molar-refractivity contribution in [1.82, 2.24) is 9.62 Å². The Balaban J connectivity index is 1.21. The molecule has 6 nitrogen and oxygen atoms in total. The number of nitriles is 1. The van der Waals surface area contributed by atoms with E-state index in [9.17, 15) is 21.6 Å². The Bertz CT molecular complexity index is 1220. The molecule has 2 aliphatic rings. The molecule has 0 aromatic heterocycles. The summed E-state index contributed by atoms with van der Waals surface area (Å²) in [6.45, 7) is 3.60. The molecule has 2 fully saturated rings. The minimum Gasteiger partial charge on any atom is -0.369 e. The van der Waals surface area contributed by atoms with Gasteiger partial charge in [-0.15, -0.1) is 0 Å². The van der Waals surface area contributed by atoms with Crippen LogP contribution in [0.1, 0.15) is 43.2 Å². The number of halogens is 4. The number of nitrogens with zero attached hydrogens (tertiary/aromatic N) is 3. The Hall–Kier alpha value is -2.32. The molecule has 2 aromatic rings. The number of sulfonamides is 1. The molecule has 200 valence electrons. The van der Waals surface area contributed by atoms with Crippen molar-refractivity contribution in [3.63, 3.8) is 0 Å². The van der Waals surface area contributed by atoms with Gasteiger partial charge in [-0.3, -0.25) is 4.90 Å². The van der Waals surface area contributed by atoms with Crippen molar-refractivity contribution in [3.05, 3.63) is 58.6 Å². The number of rotatable bonds is 7. The van der Waals surface area contributed by atoms with Crippen LogP contribution in [-0.2, 0) is 16.2 Å². The zero-order valence-corrected chi connectivity index (χ0v) is 21.9. The largest absolute Gasteiger partial charge is 0.416 e. The minimum atomic E-state index is -4.49. The third-order valence-electron chi connectivity index (χ3n) is 7.26. The molecule has 1 aliphatic heterocycles. The van der Waals surface area contributed by atoms with Gasteiger partial charge in [-0.05, 0) is 87.0 Å². The van der Waals surface area contributed by atoms with Crippen LogP contribution in [0.3, 0.4) is 0 Å². The number of anilines is 1. The SMILES string of the molecule is N#Cc1cc(N2CCN(CCC3CCC(NS(=O)(=O)c4ccc(Cl)cc4)CC3)CC2)cc(C(F)(F)F)c1. The van der Waals surface area contributed by atoms with E-state index in [1.165, 1.54) is 18.2 Å². The van der Waals surface area contributed by atoms with E-state index < -0.39 is 21.8 Å². The van der Waals surface area contributed by atoms with Gasteiger partial charge in [-0.2, -0.15) is 18.4 Å². The Morgan fingerprint density at radius 3 is 2.24 bits per heavy atom. The summed E-state index contributed by atoms with van der Waals surface area (Å²) >= 11 is 5.85. The Morgan fingerprint density at radius 1 is 1.00 bits per heavy atom. The number of hydrogen-bond acceptors (Lipinski definition) is 5. The first-order valence-corrected chi connectivity index (χ1v) is 14.3. The van der Waals surface area contributed by atoms with Crippen molar-refractivity contribution in [1.29, 1.82) is 5.26 Å². The van der Waals surface area contributed by atoms with Crippen LogP contribution in [0, 0.1) is 17.2 Å². The first-order chi connectivity index (χ1) is 17.5. The third-order valence-corrected chi connectivity index (χ3v) is 9.05. The third kappa shape index (κ3) is 7.38. The normalized spacial score (nSPS) is 21.5. The summed E-state index contributed by atoms with van der Waals surface area (Å²) in [5.74, 6) is 0.524. The van der Waals surface area contributed by atoms with Gasteiger partial charge in [-0.1, -0.05) is 11.6 Å². The molecule has 37 heavy (non-hydrogen) atoms. The monoisotopic (exact) mass is 554 g/mol. The van der Waals surface area contributed by atoms with Crippen molar-refractivity contribution in [3.8, 4) is 6.07 Å². The number of alkyl halides is 3. The Morgan fingerprint density at radius 2 is 1.65 bits per heavy atom. The predicted molar refractivity (Wildman–Crippen MR) is 137 cm³/mol. The van der Waals surface area contributed by atoms with Gasteiger partial charge in [0, 0.05) is 42.9 Å². The molecule has 1 N–H and O–H groups in total. The molecule has 1 saturated heterocycles. The van der Waals surface area contributed by atoms with Crippen molar-refractivity contribution < 1.29 is 21.6 Å².